The molecule has 1 aliphatic rings. The summed E-state index contributed by atoms with van der Waals surface area (Å²) in [5.74, 6) is -0.656. The lowest BCUT2D eigenvalue weighted by Crippen LogP contribution is -2.54. The molecule has 1 N–H and O–H groups in total. The fraction of sp³-hybridized carbons (Fsp3) is 0.556. The van der Waals surface area contributed by atoms with Gasteiger partial charge in [-0.3, -0.25) is 14.5 Å². The molecule has 144 valence electrons. The largest absolute Gasteiger partial charge is 0.405 e. The number of amides is 2. The first-order chi connectivity index (χ1) is 12.1. The molecule has 0 saturated carbocycles. The number of rotatable bonds is 5. The molecular formula is C18H24F3N3O2. The molecule has 0 spiro atoms. The smallest absolute Gasteiger partial charge is 0.346 e. The molecule has 1 saturated heterocycles. The predicted octanol–water partition coefficient (Wildman–Crippen LogP) is 1.79. The minimum Gasteiger partial charge on any atom is -0.346 e. The van der Waals surface area contributed by atoms with Gasteiger partial charge < -0.3 is 10.2 Å². The van der Waals surface area contributed by atoms with E-state index in [4.69, 9.17) is 0 Å². The van der Waals surface area contributed by atoms with Crippen molar-refractivity contribution in [2.24, 2.45) is 0 Å². The van der Waals surface area contributed by atoms with Crippen molar-refractivity contribution in [3.8, 4) is 0 Å². The van der Waals surface area contributed by atoms with Crippen LogP contribution in [-0.4, -0.2) is 67.1 Å². The quantitative estimate of drug-likeness (QED) is 0.859. The number of piperazine rings is 1. The Labute approximate surface area is 151 Å². The van der Waals surface area contributed by atoms with Gasteiger partial charge in [0.1, 0.15) is 6.54 Å². The van der Waals surface area contributed by atoms with E-state index in [0.717, 1.165) is 5.56 Å². The van der Waals surface area contributed by atoms with E-state index < -0.39 is 24.0 Å². The third-order valence-electron chi connectivity index (χ3n) is 4.54. The highest BCUT2D eigenvalue weighted by Gasteiger charge is 2.35. The number of halogens is 3. The van der Waals surface area contributed by atoms with E-state index >= 15 is 0 Å². The monoisotopic (exact) mass is 371 g/mol. The molecule has 5 nitrogen and oxygen atoms in total. The number of alkyl halides is 3. The first kappa shape index (κ1) is 20.2. The lowest BCUT2D eigenvalue weighted by molar-refractivity contribution is -0.141. The SMILES string of the molecule is CC(C)(C(=O)N1CCN(CC(=O)NCC(F)(F)F)CC1)c1ccccc1. The van der Waals surface area contributed by atoms with Gasteiger partial charge in [-0.15, -0.1) is 0 Å². The van der Waals surface area contributed by atoms with Gasteiger partial charge in [-0.05, 0) is 19.4 Å². The zero-order valence-corrected chi connectivity index (χ0v) is 15.0. The second kappa shape index (κ2) is 8.07. The Kier molecular flexibility index (Phi) is 6.28. The zero-order chi connectivity index (χ0) is 19.4. The molecule has 1 aromatic rings. The van der Waals surface area contributed by atoms with Crippen LogP contribution in [0.4, 0.5) is 13.2 Å². The van der Waals surface area contributed by atoms with Crippen molar-refractivity contribution in [1.29, 1.82) is 0 Å². The maximum Gasteiger partial charge on any atom is 0.405 e. The van der Waals surface area contributed by atoms with Gasteiger partial charge in [-0.1, -0.05) is 30.3 Å². The number of nitrogens with one attached hydrogen (secondary N) is 1. The average Bonchev–Trinajstić information content (AvgIpc) is 2.60. The Hall–Kier alpha value is -2.09. The summed E-state index contributed by atoms with van der Waals surface area (Å²) in [5, 5.41) is 1.86. The first-order valence-electron chi connectivity index (χ1n) is 8.50. The van der Waals surface area contributed by atoms with E-state index in [2.05, 4.69) is 0 Å². The molecule has 26 heavy (non-hydrogen) atoms. The molecule has 0 unspecified atom stereocenters. The van der Waals surface area contributed by atoms with Crippen molar-refractivity contribution in [2.45, 2.75) is 25.4 Å². The lowest BCUT2D eigenvalue weighted by Gasteiger charge is -2.38. The van der Waals surface area contributed by atoms with Gasteiger partial charge in [-0.2, -0.15) is 13.2 Å². The topological polar surface area (TPSA) is 52.7 Å². The summed E-state index contributed by atoms with van der Waals surface area (Å²) in [5.41, 5.74) is 0.270. The first-order valence-corrected chi connectivity index (χ1v) is 8.50. The Bertz CT molecular complexity index is 624. The van der Waals surface area contributed by atoms with Crippen molar-refractivity contribution in [2.75, 3.05) is 39.3 Å². The van der Waals surface area contributed by atoms with Crippen molar-refractivity contribution in [1.82, 2.24) is 15.1 Å². The molecule has 2 amide bonds. The molecule has 8 heteroatoms. The van der Waals surface area contributed by atoms with Crippen LogP contribution >= 0.6 is 0 Å². The minimum atomic E-state index is -4.41. The van der Waals surface area contributed by atoms with Crippen LogP contribution in [-0.2, 0) is 15.0 Å². The van der Waals surface area contributed by atoms with Crippen LogP contribution in [0.25, 0.3) is 0 Å². The summed E-state index contributed by atoms with van der Waals surface area (Å²) >= 11 is 0. The Morgan fingerprint density at radius 3 is 2.15 bits per heavy atom. The molecule has 1 fully saturated rings. The van der Waals surface area contributed by atoms with Crippen molar-refractivity contribution in [3.05, 3.63) is 35.9 Å². The highest BCUT2D eigenvalue weighted by Crippen LogP contribution is 2.26. The normalized spacial score (nSPS) is 16.4. The molecule has 1 aliphatic heterocycles. The number of nitrogens with zero attached hydrogens (tertiary/aromatic N) is 2. The number of carbonyl (C=O) groups is 2. The number of carbonyl (C=O) groups excluding carboxylic acids is 2. The Morgan fingerprint density at radius 1 is 1.04 bits per heavy atom. The second-order valence-electron chi connectivity index (χ2n) is 6.95. The summed E-state index contributed by atoms with van der Waals surface area (Å²) in [7, 11) is 0. The Morgan fingerprint density at radius 2 is 1.62 bits per heavy atom. The third kappa shape index (κ3) is 5.45. The van der Waals surface area contributed by atoms with Gasteiger partial charge in [0, 0.05) is 26.2 Å². The van der Waals surface area contributed by atoms with E-state index in [-0.39, 0.29) is 12.5 Å². The molecule has 0 radical (unpaired) electrons. The maximum atomic E-state index is 12.9. The molecule has 0 atom stereocenters. The van der Waals surface area contributed by atoms with Crippen LogP contribution in [0.1, 0.15) is 19.4 Å². The molecule has 2 rings (SSSR count). The zero-order valence-electron chi connectivity index (χ0n) is 15.0. The van der Waals surface area contributed by atoms with Crippen LogP contribution in [0, 0.1) is 0 Å². The van der Waals surface area contributed by atoms with Crippen LogP contribution in [0.5, 0.6) is 0 Å². The minimum absolute atomic E-state index is 0.00451. The maximum absolute atomic E-state index is 12.9. The molecular weight excluding hydrogens is 347 g/mol. The Balaban J connectivity index is 1.84. The number of hydrogen-bond donors (Lipinski definition) is 1. The fourth-order valence-corrected chi connectivity index (χ4v) is 2.94. The van der Waals surface area contributed by atoms with Crippen LogP contribution < -0.4 is 5.32 Å². The second-order valence-corrected chi connectivity index (χ2v) is 6.95. The van der Waals surface area contributed by atoms with Gasteiger partial charge in [-0.25, -0.2) is 0 Å². The lowest BCUT2D eigenvalue weighted by atomic mass is 9.83. The van der Waals surface area contributed by atoms with E-state index in [1.54, 1.807) is 9.80 Å². The molecule has 1 heterocycles. The predicted molar refractivity (Wildman–Crippen MR) is 91.6 cm³/mol. The summed E-state index contributed by atoms with van der Waals surface area (Å²) in [6.45, 7) is 4.13. The fourth-order valence-electron chi connectivity index (χ4n) is 2.94. The standard InChI is InChI=1S/C18H24F3N3O2/c1-17(2,14-6-4-3-5-7-14)16(26)24-10-8-23(9-11-24)12-15(25)22-13-18(19,20)21/h3-7H,8-13H2,1-2H3,(H,22,25). The van der Waals surface area contributed by atoms with Crippen LogP contribution in [0.2, 0.25) is 0 Å². The molecule has 1 aromatic carbocycles. The number of hydrogen-bond acceptors (Lipinski definition) is 3. The highest BCUT2D eigenvalue weighted by molar-refractivity contribution is 5.87. The average molecular weight is 371 g/mol. The van der Waals surface area contributed by atoms with Crippen molar-refractivity contribution >= 4 is 11.8 Å². The summed E-state index contributed by atoms with van der Waals surface area (Å²) in [6, 6.07) is 9.51. The van der Waals surface area contributed by atoms with E-state index in [9.17, 15) is 22.8 Å². The van der Waals surface area contributed by atoms with E-state index in [0.29, 0.717) is 26.2 Å². The summed E-state index contributed by atoms with van der Waals surface area (Å²) in [4.78, 5) is 28.0. The van der Waals surface area contributed by atoms with Gasteiger partial charge >= 0.3 is 6.18 Å². The van der Waals surface area contributed by atoms with E-state index in [1.165, 1.54) is 0 Å². The highest BCUT2D eigenvalue weighted by atomic mass is 19.4. The van der Waals surface area contributed by atoms with E-state index in [1.807, 2.05) is 49.5 Å². The summed E-state index contributed by atoms with van der Waals surface area (Å²) in [6.07, 6.45) is -4.41. The molecule has 0 bridgehead atoms. The molecule has 0 aliphatic carbocycles. The van der Waals surface area contributed by atoms with Gasteiger partial charge in [0.05, 0.1) is 12.0 Å². The number of benzene rings is 1. The van der Waals surface area contributed by atoms with Crippen molar-refractivity contribution in [3.63, 3.8) is 0 Å². The molecule has 0 aromatic heterocycles. The third-order valence-corrected chi connectivity index (χ3v) is 4.54. The van der Waals surface area contributed by atoms with Gasteiger partial charge in [0.25, 0.3) is 0 Å². The summed E-state index contributed by atoms with van der Waals surface area (Å²) < 4.78 is 36.3. The van der Waals surface area contributed by atoms with Crippen LogP contribution in [0.3, 0.4) is 0 Å². The van der Waals surface area contributed by atoms with Crippen molar-refractivity contribution < 1.29 is 22.8 Å². The van der Waals surface area contributed by atoms with Gasteiger partial charge in [0.2, 0.25) is 11.8 Å². The van der Waals surface area contributed by atoms with Crippen LogP contribution in [0.15, 0.2) is 30.3 Å². The van der Waals surface area contributed by atoms with Gasteiger partial charge in [0.15, 0.2) is 0 Å².